The Balaban J connectivity index is 1.79. The lowest BCUT2D eigenvalue weighted by atomic mass is 10.0. The molecule has 5 nitrogen and oxygen atoms in total. The number of rotatable bonds is 4. The Labute approximate surface area is 192 Å². The van der Waals surface area contributed by atoms with Crippen molar-refractivity contribution in [3.63, 3.8) is 0 Å². The SMILES string of the molecule is Cc1ccc(N2C(=O)C(c3ccc(Cl)cc3)=C(N(C)C3CCN(C)CC3)C2=O)cc1Cl. The molecule has 31 heavy (non-hydrogen) atoms. The van der Waals surface area contributed by atoms with E-state index in [1.807, 2.05) is 24.9 Å². The molecule has 2 aliphatic rings. The van der Waals surface area contributed by atoms with Crippen molar-refractivity contribution < 1.29 is 9.59 Å². The number of nitrogens with zero attached hydrogens (tertiary/aromatic N) is 3. The van der Waals surface area contributed by atoms with Gasteiger partial charge in [-0.25, -0.2) is 4.90 Å². The molecule has 2 aliphatic heterocycles. The van der Waals surface area contributed by atoms with E-state index in [0.29, 0.717) is 32.6 Å². The first-order valence-corrected chi connectivity index (χ1v) is 11.1. The Morgan fingerprint density at radius 3 is 2.23 bits per heavy atom. The number of likely N-dealkylation sites (tertiary alicyclic amines) is 1. The van der Waals surface area contributed by atoms with Gasteiger partial charge in [-0.2, -0.15) is 0 Å². The molecule has 0 spiro atoms. The fourth-order valence-corrected chi connectivity index (χ4v) is 4.54. The number of carbonyl (C=O) groups excluding carboxylic acids is 2. The number of aryl methyl sites for hydroxylation is 1. The summed E-state index contributed by atoms with van der Waals surface area (Å²) in [4.78, 5) is 32.7. The van der Waals surface area contributed by atoms with Crippen LogP contribution in [0.25, 0.3) is 5.57 Å². The van der Waals surface area contributed by atoms with Gasteiger partial charge >= 0.3 is 0 Å². The number of anilines is 1. The van der Waals surface area contributed by atoms with Crippen molar-refractivity contribution in [1.29, 1.82) is 0 Å². The number of amides is 2. The highest BCUT2D eigenvalue weighted by Gasteiger charge is 2.43. The van der Waals surface area contributed by atoms with E-state index < -0.39 is 0 Å². The highest BCUT2D eigenvalue weighted by Crippen LogP contribution is 2.37. The Bertz CT molecular complexity index is 1060. The molecule has 7 heteroatoms. The maximum absolute atomic E-state index is 13.6. The highest BCUT2D eigenvalue weighted by molar-refractivity contribution is 6.45. The monoisotopic (exact) mass is 457 g/mol. The number of carbonyl (C=O) groups is 2. The van der Waals surface area contributed by atoms with Crippen LogP contribution < -0.4 is 4.90 Å². The molecule has 0 atom stereocenters. The van der Waals surface area contributed by atoms with Crippen LogP contribution in [0.3, 0.4) is 0 Å². The van der Waals surface area contributed by atoms with Gasteiger partial charge in [-0.05, 0) is 75.3 Å². The van der Waals surface area contributed by atoms with Gasteiger partial charge in [-0.15, -0.1) is 0 Å². The average Bonchev–Trinajstić information content (AvgIpc) is 3.01. The van der Waals surface area contributed by atoms with Gasteiger partial charge in [0.1, 0.15) is 5.70 Å². The third kappa shape index (κ3) is 4.10. The molecule has 1 fully saturated rings. The van der Waals surface area contributed by atoms with Crippen molar-refractivity contribution in [2.75, 3.05) is 32.1 Å². The van der Waals surface area contributed by atoms with Crippen molar-refractivity contribution in [3.05, 3.63) is 69.3 Å². The summed E-state index contributed by atoms with van der Waals surface area (Å²) >= 11 is 12.4. The second kappa shape index (κ2) is 8.65. The smallest absolute Gasteiger partial charge is 0.282 e. The van der Waals surface area contributed by atoms with Crippen LogP contribution in [0.15, 0.2) is 48.2 Å². The van der Waals surface area contributed by atoms with E-state index in [0.717, 1.165) is 31.5 Å². The minimum atomic E-state index is -0.345. The molecular weight excluding hydrogens is 433 g/mol. The van der Waals surface area contributed by atoms with Gasteiger partial charge in [0, 0.05) is 23.1 Å². The van der Waals surface area contributed by atoms with Crippen molar-refractivity contribution in [2.45, 2.75) is 25.8 Å². The predicted octanol–water partition coefficient (Wildman–Crippen LogP) is 4.61. The molecule has 0 radical (unpaired) electrons. The molecule has 162 valence electrons. The number of halogens is 2. The summed E-state index contributed by atoms with van der Waals surface area (Å²) < 4.78 is 0. The molecule has 0 N–H and O–H groups in total. The first-order chi connectivity index (χ1) is 14.8. The molecule has 2 aromatic rings. The van der Waals surface area contributed by atoms with Crippen molar-refractivity contribution in [3.8, 4) is 0 Å². The zero-order chi connectivity index (χ0) is 22.3. The van der Waals surface area contributed by atoms with Gasteiger partial charge in [-0.3, -0.25) is 9.59 Å². The van der Waals surface area contributed by atoms with E-state index in [1.165, 1.54) is 4.90 Å². The van der Waals surface area contributed by atoms with E-state index in [1.54, 1.807) is 36.4 Å². The first kappa shape index (κ1) is 21.9. The molecule has 0 unspecified atom stereocenters. The van der Waals surface area contributed by atoms with Gasteiger partial charge in [0.05, 0.1) is 11.3 Å². The Morgan fingerprint density at radius 2 is 1.61 bits per heavy atom. The Hall–Kier alpha value is -2.34. The topological polar surface area (TPSA) is 43.9 Å². The van der Waals surface area contributed by atoms with Crippen LogP contribution in [0.4, 0.5) is 5.69 Å². The molecule has 0 aromatic heterocycles. The molecule has 2 amide bonds. The maximum atomic E-state index is 13.6. The maximum Gasteiger partial charge on any atom is 0.282 e. The van der Waals surface area contributed by atoms with Crippen LogP contribution in [0.2, 0.25) is 10.0 Å². The molecule has 0 saturated carbocycles. The van der Waals surface area contributed by atoms with Crippen LogP contribution >= 0.6 is 23.2 Å². The van der Waals surface area contributed by atoms with Crippen molar-refractivity contribution in [1.82, 2.24) is 9.80 Å². The van der Waals surface area contributed by atoms with Crippen LogP contribution in [-0.4, -0.2) is 54.8 Å². The molecular formula is C24H25Cl2N3O2. The number of hydrogen-bond acceptors (Lipinski definition) is 4. The highest BCUT2D eigenvalue weighted by atomic mass is 35.5. The van der Waals surface area contributed by atoms with Crippen LogP contribution in [-0.2, 0) is 9.59 Å². The Morgan fingerprint density at radius 1 is 0.968 bits per heavy atom. The van der Waals surface area contributed by atoms with E-state index in [2.05, 4.69) is 11.9 Å². The van der Waals surface area contributed by atoms with Gasteiger partial charge in [-0.1, -0.05) is 41.4 Å². The average molecular weight is 458 g/mol. The van der Waals surface area contributed by atoms with Crippen LogP contribution in [0, 0.1) is 6.92 Å². The second-order valence-electron chi connectivity index (χ2n) is 8.26. The minimum Gasteiger partial charge on any atom is -0.366 e. The van der Waals surface area contributed by atoms with E-state index in [4.69, 9.17) is 23.2 Å². The summed E-state index contributed by atoms with van der Waals surface area (Å²) in [6.45, 7) is 3.80. The normalized spacial score (nSPS) is 18.3. The zero-order valence-corrected chi connectivity index (χ0v) is 19.4. The summed E-state index contributed by atoms with van der Waals surface area (Å²) in [5, 5.41) is 1.09. The van der Waals surface area contributed by atoms with Crippen molar-refractivity contribution >= 4 is 46.3 Å². The number of benzene rings is 2. The largest absolute Gasteiger partial charge is 0.366 e. The lowest BCUT2D eigenvalue weighted by Crippen LogP contribution is -2.43. The number of likely N-dealkylation sites (N-methyl/N-ethyl adjacent to an activating group) is 1. The third-order valence-corrected chi connectivity index (χ3v) is 6.85. The van der Waals surface area contributed by atoms with E-state index in [-0.39, 0.29) is 17.9 Å². The number of hydrogen-bond donors (Lipinski definition) is 0. The lowest BCUT2D eigenvalue weighted by molar-refractivity contribution is -0.120. The summed E-state index contributed by atoms with van der Waals surface area (Å²) in [7, 11) is 4.01. The molecule has 1 saturated heterocycles. The first-order valence-electron chi connectivity index (χ1n) is 10.3. The van der Waals surface area contributed by atoms with Gasteiger partial charge in [0.15, 0.2) is 0 Å². The quantitative estimate of drug-likeness (QED) is 0.628. The second-order valence-corrected chi connectivity index (χ2v) is 9.10. The zero-order valence-electron chi connectivity index (χ0n) is 17.9. The molecule has 0 aliphatic carbocycles. The minimum absolute atomic E-state index is 0.187. The Kier molecular flexibility index (Phi) is 6.11. The van der Waals surface area contributed by atoms with Gasteiger partial charge in [0.2, 0.25) is 0 Å². The van der Waals surface area contributed by atoms with E-state index >= 15 is 0 Å². The summed E-state index contributed by atoms with van der Waals surface area (Å²) in [6.07, 6.45) is 1.87. The molecule has 2 heterocycles. The summed E-state index contributed by atoms with van der Waals surface area (Å²) in [6, 6.07) is 12.5. The molecule has 2 aromatic carbocycles. The summed E-state index contributed by atoms with van der Waals surface area (Å²) in [5.41, 5.74) is 2.87. The standard InChI is InChI=1S/C24H25Cl2N3O2/c1-15-4-9-19(14-20(15)26)29-23(30)21(16-5-7-17(25)8-6-16)22(24(29)31)28(3)18-10-12-27(2)13-11-18/h4-9,14,18H,10-13H2,1-3H3. The fraction of sp³-hybridized carbons (Fsp3) is 0.333. The van der Waals surface area contributed by atoms with Crippen LogP contribution in [0.1, 0.15) is 24.0 Å². The third-order valence-electron chi connectivity index (χ3n) is 6.19. The van der Waals surface area contributed by atoms with E-state index in [9.17, 15) is 9.59 Å². The molecule has 0 bridgehead atoms. The predicted molar refractivity (Wildman–Crippen MR) is 125 cm³/mol. The molecule has 4 rings (SSSR count). The summed E-state index contributed by atoms with van der Waals surface area (Å²) in [5.74, 6) is -0.668. The van der Waals surface area contributed by atoms with Crippen molar-refractivity contribution in [2.24, 2.45) is 0 Å². The van der Waals surface area contributed by atoms with Crippen LogP contribution in [0.5, 0.6) is 0 Å². The number of piperidine rings is 1. The number of imide groups is 1. The van der Waals surface area contributed by atoms with Gasteiger partial charge in [0.25, 0.3) is 11.8 Å². The fourth-order valence-electron chi connectivity index (χ4n) is 4.24. The lowest BCUT2D eigenvalue weighted by Gasteiger charge is -2.36. The van der Waals surface area contributed by atoms with Gasteiger partial charge < -0.3 is 9.80 Å².